The molecule has 0 atom stereocenters. The highest BCUT2D eigenvalue weighted by molar-refractivity contribution is 9.10. The van der Waals surface area contributed by atoms with Gasteiger partial charge in [-0.15, -0.1) is 0 Å². The zero-order valence-corrected chi connectivity index (χ0v) is 82.1. The van der Waals surface area contributed by atoms with Crippen molar-refractivity contribution in [3.63, 3.8) is 0 Å². The third-order valence-electron chi connectivity index (χ3n) is 29.5. The van der Waals surface area contributed by atoms with E-state index in [4.69, 9.17) is 4.65 Å². The predicted molar refractivity (Wildman–Crippen MR) is 614 cm³/mol. The summed E-state index contributed by atoms with van der Waals surface area (Å²) in [5.41, 5.74) is 38.3. The lowest BCUT2D eigenvalue weighted by Gasteiger charge is -2.35. The van der Waals surface area contributed by atoms with E-state index < -0.39 is 10.8 Å². The Morgan fingerprint density at radius 2 is 0.568 bits per heavy atom. The molecule has 2 aliphatic carbocycles. The number of halogens is 1. The Labute approximate surface area is 867 Å². The Bertz CT molecular complexity index is 9290. The molecule has 0 aliphatic heterocycles. The largest absolute Gasteiger partial charge is 0.569 e. The van der Waals surface area contributed by atoms with Crippen molar-refractivity contribution in [2.24, 2.45) is 0 Å². The van der Waals surface area contributed by atoms with Crippen LogP contribution < -0.4 is 14.5 Å². The summed E-state index contributed by atoms with van der Waals surface area (Å²) in [6, 6.07) is 191. The van der Waals surface area contributed by atoms with Crippen molar-refractivity contribution < 1.29 is 9.68 Å². The lowest BCUT2D eigenvalue weighted by atomic mass is 9.67. The number of pyridine rings is 2. The van der Waals surface area contributed by atoms with Gasteiger partial charge in [-0.05, 0) is 302 Å². The minimum Gasteiger partial charge on any atom is -0.537 e. The van der Waals surface area contributed by atoms with Gasteiger partial charge >= 0.3 is 7.69 Å². The Balaban J connectivity index is 0.000000124. The van der Waals surface area contributed by atoms with Crippen LogP contribution >= 0.6 is 15.9 Å². The molecule has 1 N–H and O–H groups in total. The van der Waals surface area contributed by atoms with Crippen molar-refractivity contribution in [1.82, 2.24) is 28.2 Å². The Kier molecular flexibility index (Phi) is 23.1. The van der Waals surface area contributed by atoms with Gasteiger partial charge in [0.15, 0.2) is 0 Å². The van der Waals surface area contributed by atoms with Crippen LogP contribution in [0.1, 0.15) is 44.5 Å². The number of aromatic nitrogens is 6. The monoisotopic (exact) mass is 1960 g/mol. The molecule has 148 heavy (non-hydrogen) atoms. The first-order valence-corrected chi connectivity index (χ1v) is 50.8. The first-order chi connectivity index (χ1) is 73.3. The molecular formula is C136H93BBrN8O2. The van der Waals surface area contributed by atoms with Crippen LogP contribution in [0.5, 0.6) is 5.75 Å². The number of fused-ring (bicyclic) bond motifs is 14. The van der Waals surface area contributed by atoms with E-state index in [0.717, 1.165) is 78.1 Å². The number of para-hydroxylation sites is 4. The van der Waals surface area contributed by atoms with Gasteiger partial charge in [0.1, 0.15) is 5.75 Å². The number of anilines is 6. The van der Waals surface area contributed by atoms with Gasteiger partial charge in [0.05, 0.1) is 55.3 Å². The third-order valence-corrected chi connectivity index (χ3v) is 30.0. The first kappa shape index (κ1) is 89.4. The van der Waals surface area contributed by atoms with E-state index in [1.165, 1.54) is 149 Å². The van der Waals surface area contributed by atoms with Gasteiger partial charge < -0.3 is 37.7 Å². The quantitative estimate of drug-likeness (QED) is 0.0813. The average Bonchev–Trinajstić information content (AvgIpc) is 1.53. The molecule has 1 radical (unpaired) electrons. The van der Waals surface area contributed by atoms with Crippen molar-refractivity contribution in [2.45, 2.75) is 10.8 Å². The predicted octanol–water partition coefficient (Wildman–Crippen LogP) is 34.3. The number of hydrogen-bond acceptors (Lipinski definition) is 6. The highest BCUT2D eigenvalue weighted by Gasteiger charge is 2.48. The van der Waals surface area contributed by atoms with Crippen molar-refractivity contribution in [2.75, 3.05) is 9.80 Å². The Morgan fingerprint density at radius 3 is 0.959 bits per heavy atom. The van der Waals surface area contributed by atoms with Crippen LogP contribution in [0.15, 0.2) is 563 Å². The lowest BCUT2D eigenvalue weighted by molar-refractivity contribution is 0.454. The molecular weight excluding hydrogens is 1870 g/mol. The normalized spacial score (nSPS) is 12.4. The number of nitrogens with zero attached hydrogens (tertiary/aromatic N) is 8. The molecule has 0 saturated carbocycles. The zero-order chi connectivity index (χ0) is 98.6. The van der Waals surface area contributed by atoms with Crippen LogP contribution in [0.25, 0.3) is 144 Å². The average molecular weight is 1960 g/mol. The molecule has 20 aromatic carbocycles. The van der Waals surface area contributed by atoms with Crippen LogP contribution in [0.3, 0.4) is 0 Å². The van der Waals surface area contributed by atoms with Gasteiger partial charge in [0.2, 0.25) is 0 Å². The summed E-state index contributed by atoms with van der Waals surface area (Å²) < 4.78 is 15.7. The molecule has 28 rings (SSSR count). The molecule has 10 nitrogen and oxygen atoms in total. The summed E-state index contributed by atoms with van der Waals surface area (Å²) in [5.74, 6) is 0.554. The van der Waals surface area contributed by atoms with Crippen molar-refractivity contribution >= 4 is 123 Å². The van der Waals surface area contributed by atoms with Crippen molar-refractivity contribution in [1.29, 1.82) is 0 Å². The summed E-state index contributed by atoms with van der Waals surface area (Å²) in [5, 5.41) is 16.6. The van der Waals surface area contributed by atoms with Gasteiger partial charge in [-0.2, -0.15) is 0 Å². The van der Waals surface area contributed by atoms with E-state index in [9.17, 15) is 5.02 Å². The van der Waals surface area contributed by atoms with E-state index in [0.29, 0.717) is 13.4 Å². The number of rotatable bonds is 19. The van der Waals surface area contributed by atoms with Crippen LogP contribution in [-0.4, -0.2) is 40.9 Å². The summed E-state index contributed by atoms with van der Waals surface area (Å²) >= 11 is 3.65. The van der Waals surface area contributed by atoms with Crippen LogP contribution in [0, 0.1) is 0 Å². The molecule has 6 aromatic heterocycles. The molecule has 0 bridgehead atoms. The maximum Gasteiger partial charge on any atom is 0.569 e. The molecule has 6 heterocycles. The maximum absolute atomic E-state index is 9.21. The molecule has 12 heteroatoms. The van der Waals surface area contributed by atoms with Gasteiger partial charge in [-0.25, -0.2) is 0 Å². The van der Waals surface area contributed by atoms with E-state index in [2.05, 4.69) is 546 Å². The first-order valence-electron chi connectivity index (χ1n) is 50.0. The fourth-order valence-corrected chi connectivity index (χ4v) is 23.4. The van der Waals surface area contributed by atoms with Gasteiger partial charge in [-0.1, -0.05) is 325 Å². The Morgan fingerprint density at radius 1 is 0.243 bits per heavy atom. The minimum atomic E-state index is -0.525. The molecule has 0 fully saturated rings. The molecule has 0 saturated heterocycles. The highest BCUT2D eigenvalue weighted by Crippen LogP contribution is 2.60. The van der Waals surface area contributed by atoms with Gasteiger partial charge in [0, 0.05) is 130 Å². The lowest BCUT2D eigenvalue weighted by Crippen LogP contribution is -2.28. The molecule has 699 valence electrons. The van der Waals surface area contributed by atoms with Gasteiger partial charge in [0.25, 0.3) is 0 Å². The molecule has 0 amide bonds. The third kappa shape index (κ3) is 15.6. The summed E-state index contributed by atoms with van der Waals surface area (Å²) in [4.78, 5) is 13.9. The van der Waals surface area contributed by atoms with Crippen molar-refractivity contribution in [3.05, 3.63) is 608 Å². The smallest absolute Gasteiger partial charge is 0.537 e. The second-order valence-corrected chi connectivity index (χ2v) is 38.5. The highest BCUT2D eigenvalue weighted by atomic mass is 79.9. The molecule has 0 spiro atoms. The number of benzene rings is 20. The van der Waals surface area contributed by atoms with Crippen molar-refractivity contribution in [3.8, 4) is 84.4 Å². The standard InChI is InChI=1S/C68H46N4.C42H30BN2O2.C26H17BrN2/c1-5-17-51(18-6-1)68(52-19-7-2-8-20-52)62-26-14-13-25-58(62)59-38-37-57(45-63(59)68)71(56-35-30-48(31-36-56)64-27-15-16-41-69-64)55-33-28-47(29-34-55)49-32-39-65-60(43-49)61-44-50-40-42-70(53-21-9-3-10-22-53)66(50)46-67(61)72(65)54-23-11-4-12-24-54;46-43-47-36-25-22-34(23-26-36)45(33-20-18-30(19-21-33)41-17-9-10-28-44-41)35-24-27-38-37-15-7-8-16-39(37)42(40(38)29-35,31-11-3-1-4-12-31)32-13-5-2-6-14-32;27-19-11-12-24-23(16-19)22-15-18-13-14-28(20-7-3-1-4-8-20)25(18)17-26(22)29(24)21-9-5-2-6-10-21/h1-46H;1-29,46H;1-17H. The minimum absolute atomic E-state index is 0.506. The van der Waals surface area contributed by atoms with E-state index >= 15 is 0 Å². The summed E-state index contributed by atoms with van der Waals surface area (Å²) in [7, 11) is 0.702. The van der Waals surface area contributed by atoms with E-state index in [-0.39, 0.29) is 0 Å². The maximum atomic E-state index is 9.21. The fraction of sp³-hybridized carbons (Fsp3) is 0.0147. The topological polar surface area (TPSA) is 81.4 Å². The molecule has 26 aromatic rings. The summed E-state index contributed by atoms with van der Waals surface area (Å²) in [6.07, 6.45) is 8.01. The molecule has 0 unspecified atom stereocenters. The SMILES string of the molecule is Brc1ccc2c(c1)c1cc3ccn(-c4ccccc4)c3cc1n2-c1ccccc1.O[B]Oc1ccc(N(c2ccc(-c3ccccn3)cc2)c2ccc3c(c2)C(c2ccccc2)(c2ccccc2)c2ccccc2-3)cc1.c1ccc(-n2ccc3cc4c5cc(-c6ccc(N(c7ccc(-c8ccccn8)cc7)c7ccc8c(c7)C(c7ccccc7)(c7ccccc7)c7ccccc7-8)cc6)ccc5n(-c5ccccc5)c4cc32)cc1. The van der Waals surface area contributed by atoms with Gasteiger partial charge in [-0.3, -0.25) is 9.97 Å². The van der Waals surface area contributed by atoms with Crippen LogP contribution in [-0.2, 0) is 10.8 Å². The second kappa shape index (κ2) is 38.2. The second-order valence-electron chi connectivity index (χ2n) is 37.6. The van der Waals surface area contributed by atoms with Crippen LogP contribution in [0.2, 0.25) is 0 Å². The fourth-order valence-electron chi connectivity index (χ4n) is 23.0. The summed E-state index contributed by atoms with van der Waals surface area (Å²) in [6.45, 7) is 0. The van der Waals surface area contributed by atoms with Crippen LogP contribution in [0.4, 0.5) is 34.1 Å². The molecule has 2 aliphatic rings. The number of hydrogen-bond donors (Lipinski definition) is 1. The zero-order valence-electron chi connectivity index (χ0n) is 80.5. The van der Waals surface area contributed by atoms with E-state index in [1.54, 1.807) is 0 Å². The van der Waals surface area contributed by atoms with E-state index in [1.807, 2.05) is 67.0 Å². The Hall–Kier alpha value is -18.7.